The van der Waals surface area contributed by atoms with E-state index < -0.39 is 0 Å². The van der Waals surface area contributed by atoms with Crippen LogP contribution >= 0.6 is 0 Å². The zero-order valence-corrected chi connectivity index (χ0v) is 9.45. The summed E-state index contributed by atoms with van der Waals surface area (Å²) in [5, 5.41) is 3.50. The zero-order valence-electron chi connectivity index (χ0n) is 9.45. The van der Waals surface area contributed by atoms with Crippen LogP contribution in [0.3, 0.4) is 0 Å². The molecule has 0 fully saturated rings. The maximum Gasteiger partial charge on any atom is 0.0321 e. The molecule has 15 heavy (non-hydrogen) atoms. The molecule has 2 heteroatoms. The lowest BCUT2D eigenvalue weighted by atomic mass is 10.0. The molecule has 1 aromatic rings. The van der Waals surface area contributed by atoms with Gasteiger partial charge in [-0.2, -0.15) is 0 Å². The van der Waals surface area contributed by atoms with E-state index in [1.807, 2.05) is 18.5 Å². The third kappa shape index (κ3) is 4.26. The first-order valence-electron chi connectivity index (χ1n) is 5.62. The minimum Gasteiger partial charge on any atom is -0.310 e. The summed E-state index contributed by atoms with van der Waals surface area (Å²) in [5.41, 5.74) is 1.33. The first-order chi connectivity index (χ1) is 7.38. The summed E-state index contributed by atoms with van der Waals surface area (Å²) < 4.78 is 0. The van der Waals surface area contributed by atoms with Gasteiger partial charge in [0.25, 0.3) is 0 Å². The highest BCUT2D eigenvalue weighted by Gasteiger charge is 2.08. The molecule has 0 aliphatic carbocycles. The predicted molar refractivity (Wildman–Crippen MR) is 64.7 cm³/mol. The second-order valence-corrected chi connectivity index (χ2v) is 3.61. The van der Waals surface area contributed by atoms with Crippen molar-refractivity contribution >= 4 is 0 Å². The first-order valence-corrected chi connectivity index (χ1v) is 5.62. The minimum absolute atomic E-state index is 0.456. The lowest BCUT2D eigenvalue weighted by Gasteiger charge is -2.17. The Balaban J connectivity index is 2.53. The molecule has 1 unspecified atom stereocenters. The maximum atomic E-state index is 4.04. The average Bonchev–Trinajstić information content (AvgIpc) is 2.29. The van der Waals surface area contributed by atoms with E-state index in [1.165, 1.54) is 12.0 Å². The molecule has 82 valence electrons. The van der Waals surface area contributed by atoms with Crippen LogP contribution in [0.5, 0.6) is 0 Å². The van der Waals surface area contributed by atoms with Crippen LogP contribution in [0.4, 0.5) is 0 Å². The second kappa shape index (κ2) is 7.18. The van der Waals surface area contributed by atoms with E-state index in [0.29, 0.717) is 6.04 Å². The number of allylic oxidation sites excluding steroid dienone is 1. The van der Waals surface area contributed by atoms with Crippen molar-refractivity contribution in [3.05, 3.63) is 42.7 Å². The molecule has 0 saturated carbocycles. The van der Waals surface area contributed by atoms with Gasteiger partial charge in [0.15, 0.2) is 0 Å². The van der Waals surface area contributed by atoms with Gasteiger partial charge in [0.05, 0.1) is 0 Å². The van der Waals surface area contributed by atoms with Crippen molar-refractivity contribution in [2.24, 2.45) is 0 Å². The molecule has 0 aromatic carbocycles. The summed E-state index contributed by atoms with van der Waals surface area (Å²) in [6.07, 6.45) is 9.12. The van der Waals surface area contributed by atoms with Gasteiger partial charge in [0, 0.05) is 18.4 Å². The zero-order chi connectivity index (χ0) is 10.9. The monoisotopic (exact) mass is 204 g/mol. The lowest BCUT2D eigenvalue weighted by Crippen LogP contribution is -2.20. The molecule has 0 spiro atoms. The van der Waals surface area contributed by atoms with E-state index in [4.69, 9.17) is 0 Å². The molecule has 1 heterocycles. The van der Waals surface area contributed by atoms with Crippen LogP contribution in [0.25, 0.3) is 0 Å². The molecule has 2 nitrogen and oxygen atoms in total. The molecule has 1 N–H and O–H groups in total. The van der Waals surface area contributed by atoms with Crippen molar-refractivity contribution in [2.45, 2.75) is 32.2 Å². The summed E-state index contributed by atoms with van der Waals surface area (Å²) in [5.74, 6) is 0. The van der Waals surface area contributed by atoms with Gasteiger partial charge in [0.1, 0.15) is 0 Å². The van der Waals surface area contributed by atoms with Crippen LogP contribution in [-0.2, 0) is 0 Å². The Morgan fingerprint density at radius 3 is 2.80 bits per heavy atom. The van der Waals surface area contributed by atoms with Gasteiger partial charge in [-0.3, -0.25) is 4.98 Å². The maximum absolute atomic E-state index is 4.04. The van der Waals surface area contributed by atoms with Gasteiger partial charge in [-0.05, 0) is 43.5 Å². The number of nitrogens with zero attached hydrogens (tertiary/aromatic N) is 1. The van der Waals surface area contributed by atoms with E-state index in [0.717, 1.165) is 19.4 Å². The van der Waals surface area contributed by atoms with Crippen molar-refractivity contribution in [2.75, 3.05) is 6.54 Å². The first kappa shape index (κ1) is 11.9. The molecule has 0 aliphatic heterocycles. The average molecular weight is 204 g/mol. The fourth-order valence-electron chi connectivity index (χ4n) is 1.70. The number of hydrogen-bond acceptors (Lipinski definition) is 2. The SMILES string of the molecule is C=CCCCC(NCC)c1ccncc1. The van der Waals surface area contributed by atoms with E-state index >= 15 is 0 Å². The molecule has 0 radical (unpaired) electrons. The van der Waals surface area contributed by atoms with Gasteiger partial charge in [-0.1, -0.05) is 13.0 Å². The number of aromatic nitrogens is 1. The lowest BCUT2D eigenvalue weighted by molar-refractivity contribution is 0.500. The molecular formula is C13H20N2. The predicted octanol–water partition coefficient (Wildman–Crippen LogP) is 3.09. The van der Waals surface area contributed by atoms with Crippen LogP contribution < -0.4 is 5.32 Å². The summed E-state index contributed by atoms with van der Waals surface area (Å²) in [6, 6.07) is 4.63. The van der Waals surface area contributed by atoms with Crippen molar-refractivity contribution in [3.63, 3.8) is 0 Å². The van der Waals surface area contributed by atoms with Crippen LogP contribution in [0.15, 0.2) is 37.2 Å². The van der Waals surface area contributed by atoms with Gasteiger partial charge >= 0.3 is 0 Å². The summed E-state index contributed by atoms with van der Waals surface area (Å²) in [7, 11) is 0. The Bertz CT molecular complexity index is 269. The van der Waals surface area contributed by atoms with Crippen molar-refractivity contribution in [1.82, 2.24) is 10.3 Å². The fraction of sp³-hybridized carbons (Fsp3) is 0.462. The highest BCUT2D eigenvalue weighted by atomic mass is 14.9. The number of rotatable bonds is 7. The highest BCUT2D eigenvalue weighted by molar-refractivity contribution is 5.14. The Morgan fingerprint density at radius 2 is 2.20 bits per heavy atom. The largest absolute Gasteiger partial charge is 0.310 e. The van der Waals surface area contributed by atoms with E-state index in [-0.39, 0.29) is 0 Å². The Kier molecular flexibility index (Phi) is 5.71. The van der Waals surface area contributed by atoms with Gasteiger partial charge in [0.2, 0.25) is 0 Å². The number of nitrogens with one attached hydrogen (secondary N) is 1. The number of pyridine rings is 1. The Labute approximate surface area is 92.4 Å². The van der Waals surface area contributed by atoms with Crippen molar-refractivity contribution in [3.8, 4) is 0 Å². The second-order valence-electron chi connectivity index (χ2n) is 3.61. The molecule has 0 bridgehead atoms. The Hall–Kier alpha value is -1.15. The van der Waals surface area contributed by atoms with E-state index in [2.05, 4.69) is 35.9 Å². The standard InChI is InChI=1S/C13H20N2/c1-3-5-6-7-13(15-4-2)12-8-10-14-11-9-12/h3,8-11,13,15H,1,4-7H2,2H3. The van der Waals surface area contributed by atoms with Crippen LogP contribution in [-0.4, -0.2) is 11.5 Å². The quantitative estimate of drug-likeness (QED) is 0.545. The van der Waals surface area contributed by atoms with Crippen molar-refractivity contribution in [1.29, 1.82) is 0 Å². The smallest absolute Gasteiger partial charge is 0.0321 e. The minimum atomic E-state index is 0.456. The summed E-state index contributed by atoms with van der Waals surface area (Å²) >= 11 is 0. The third-order valence-electron chi connectivity index (χ3n) is 2.46. The topological polar surface area (TPSA) is 24.9 Å². The molecule has 0 saturated heterocycles. The molecule has 1 rings (SSSR count). The summed E-state index contributed by atoms with van der Waals surface area (Å²) in [6.45, 7) is 6.89. The van der Waals surface area contributed by atoms with Gasteiger partial charge in [-0.25, -0.2) is 0 Å². The Morgan fingerprint density at radius 1 is 1.47 bits per heavy atom. The molecule has 0 aliphatic rings. The molecule has 1 aromatic heterocycles. The number of hydrogen-bond donors (Lipinski definition) is 1. The van der Waals surface area contributed by atoms with E-state index in [1.54, 1.807) is 0 Å². The van der Waals surface area contributed by atoms with Gasteiger partial charge in [-0.15, -0.1) is 6.58 Å². The molecule has 1 atom stereocenters. The molecule has 0 amide bonds. The van der Waals surface area contributed by atoms with Crippen molar-refractivity contribution < 1.29 is 0 Å². The normalized spacial score (nSPS) is 12.3. The highest BCUT2D eigenvalue weighted by Crippen LogP contribution is 2.18. The third-order valence-corrected chi connectivity index (χ3v) is 2.46. The van der Waals surface area contributed by atoms with Gasteiger partial charge < -0.3 is 5.32 Å². The summed E-state index contributed by atoms with van der Waals surface area (Å²) in [4.78, 5) is 4.04. The van der Waals surface area contributed by atoms with Crippen LogP contribution in [0, 0.1) is 0 Å². The fourth-order valence-corrected chi connectivity index (χ4v) is 1.70. The molecular weight excluding hydrogens is 184 g/mol. The van der Waals surface area contributed by atoms with E-state index in [9.17, 15) is 0 Å². The van der Waals surface area contributed by atoms with Crippen LogP contribution in [0.1, 0.15) is 37.8 Å². The van der Waals surface area contributed by atoms with Crippen LogP contribution in [0.2, 0.25) is 0 Å². The number of unbranched alkanes of at least 4 members (excludes halogenated alkanes) is 1.